The van der Waals surface area contributed by atoms with E-state index >= 15 is 0 Å². The molecule has 0 amide bonds. The molecule has 8 heteroatoms. The average Bonchev–Trinajstić information content (AvgIpc) is 3.38. The van der Waals surface area contributed by atoms with Gasteiger partial charge < -0.3 is 4.74 Å². The topological polar surface area (TPSA) is 82.8 Å². The molecule has 0 radical (unpaired) electrons. The first-order valence-electron chi connectivity index (χ1n) is 9.06. The van der Waals surface area contributed by atoms with Gasteiger partial charge in [-0.15, -0.1) is 21.5 Å². The number of methoxy groups -OCH3 is 1. The van der Waals surface area contributed by atoms with Crippen molar-refractivity contribution in [2.45, 2.75) is 19.9 Å². The Kier molecular flexibility index (Phi) is 5.44. The third-order valence-electron chi connectivity index (χ3n) is 4.34. The van der Waals surface area contributed by atoms with Gasteiger partial charge in [0.25, 0.3) is 0 Å². The molecule has 0 saturated heterocycles. The van der Waals surface area contributed by atoms with Gasteiger partial charge in [-0.3, -0.25) is 4.79 Å². The monoisotopic (exact) mass is 405 g/mol. The number of aromatic nitrogens is 5. The van der Waals surface area contributed by atoms with E-state index < -0.39 is 0 Å². The van der Waals surface area contributed by atoms with Gasteiger partial charge in [0.1, 0.15) is 5.75 Å². The third kappa shape index (κ3) is 4.55. The predicted molar refractivity (Wildman–Crippen MR) is 110 cm³/mol. The number of ether oxygens (including phenoxy) is 1. The number of Topliss-reactive ketones (excluding diaryl/α,β-unsaturated/α-hetero) is 1. The number of aryl methyl sites for hydroxylation is 1. The van der Waals surface area contributed by atoms with Gasteiger partial charge >= 0.3 is 0 Å². The van der Waals surface area contributed by atoms with Crippen LogP contribution in [0.4, 0.5) is 0 Å². The van der Waals surface area contributed by atoms with Gasteiger partial charge in [-0.1, -0.05) is 30.3 Å². The van der Waals surface area contributed by atoms with E-state index in [1.54, 1.807) is 11.9 Å². The standard InChI is InChI=1S/C21H19N5O2S/c1-14-13-29-21(22-14)19(27)11-16-4-3-5-17(10-16)20-23-25-26(24-20)12-15-6-8-18(28-2)9-7-15/h3-10,13H,11-12H2,1-2H3. The molecular weight excluding hydrogens is 386 g/mol. The summed E-state index contributed by atoms with van der Waals surface area (Å²) >= 11 is 1.38. The van der Waals surface area contributed by atoms with E-state index in [0.717, 1.165) is 28.1 Å². The van der Waals surface area contributed by atoms with Crippen molar-refractivity contribution in [1.82, 2.24) is 25.2 Å². The summed E-state index contributed by atoms with van der Waals surface area (Å²) in [6, 6.07) is 15.4. The number of tetrazole rings is 1. The molecule has 7 nitrogen and oxygen atoms in total. The van der Waals surface area contributed by atoms with E-state index in [0.29, 0.717) is 23.8 Å². The summed E-state index contributed by atoms with van der Waals surface area (Å²) in [4.78, 5) is 18.2. The zero-order valence-electron chi connectivity index (χ0n) is 16.1. The molecule has 2 heterocycles. The second-order valence-electron chi connectivity index (χ2n) is 6.59. The number of carbonyl (C=O) groups is 1. The average molecular weight is 405 g/mol. The van der Waals surface area contributed by atoms with Gasteiger partial charge in [0, 0.05) is 23.1 Å². The van der Waals surface area contributed by atoms with Crippen molar-refractivity contribution in [1.29, 1.82) is 0 Å². The lowest BCUT2D eigenvalue weighted by molar-refractivity contribution is 0.0992. The van der Waals surface area contributed by atoms with Crippen LogP contribution in [0.25, 0.3) is 11.4 Å². The first-order valence-corrected chi connectivity index (χ1v) is 9.94. The van der Waals surface area contributed by atoms with Crippen LogP contribution in [0.3, 0.4) is 0 Å². The first-order chi connectivity index (χ1) is 14.1. The fourth-order valence-electron chi connectivity index (χ4n) is 2.88. The van der Waals surface area contributed by atoms with Crippen molar-refractivity contribution in [3.63, 3.8) is 0 Å². The van der Waals surface area contributed by atoms with Crippen LogP contribution in [-0.4, -0.2) is 38.1 Å². The Bertz CT molecular complexity index is 1130. The fourth-order valence-corrected chi connectivity index (χ4v) is 3.62. The van der Waals surface area contributed by atoms with Crippen LogP contribution < -0.4 is 4.74 Å². The minimum Gasteiger partial charge on any atom is -0.497 e. The largest absolute Gasteiger partial charge is 0.497 e. The summed E-state index contributed by atoms with van der Waals surface area (Å²) in [5, 5.41) is 15.2. The van der Waals surface area contributed by atoms with Crippen LogP contribution in [0.5, 0.6) is 5.75 Å². The molecule has 0 N–H and O–H groups in total. The number of thiazole rings is 1. The van der Waals surface area contributed by atoms with Crippen molar-refractivity contribution >= 4 is 17.1 Å². The number of hydrogen-bond donors (Lipinski definition) is 0. The second-order valence-corrected chi connectivity index (χ2v) is 7.44. The summed E-state index contributed by atoms with van der Waals surface area (Å²) in [6.45, 7) is 2.40. The van der Waals surface area contributed by atoms with E-state index in [2.05, 4.69) is 20.4 Å². The molecule has 0 aliphatic rings. The molecule has 4 rings (SSSR count). The molecule has 0 fully saturated rings. The molecular formula is C21H19N5O2S. The van der Waals surface area contributed by atoms with Crippen molar-refractivity contribution in [3.8, 4) is 17.1 Å². The Morgan fingerprint density at radius 1 is 1.14 bits per heavy atom. The highest BCUT2D eigenvalue weighted by Gasteiger charge is 2.13. The van der Waals surface area contributed by atoms with E-state index in [1.165, 1.54) is 11.3 Å². The molecule has 4 aromatic rings. The fraction of sp³-hybridized carbons (Fsp3) is 0.190. The molecule has 2 aromatic carbocycles. The number of carbonyl (C=O) groups excluding carboxylic acids is 1. The molecule has 2 aromatic heterocycles. The summed E-state index contributed by atoms with van der Waals surface area (Å²) in [5.74, 6) is 1.34. The van der Waals surface area contributed by atoms with Gasteiger partial charge in [0.05, 0.1) is 13.7 Å². The smallest absolute Gasteiger partial charge is 0.204 e. The lowest BCUT2D eigenvalue weighted by Crippen LogP contribution is -2.04. The predicted octanol–water partition coefficient (Wildman–Crippen LogP) is 3.59. The maximum absolute atomic E-state index is 12.4. The van der Waals surface area contributed by atoms with Crippen LogP contribution in [0.15, 0.2) is 53.9 Å². The van der Waals surface area contributed by atoms with Gasteiger partial charge in [0.15, 0.2) is 10.8 Å². The van der Waals surface area contributed by atoms with E-state index in [-0.39, 0.29) is 5.78 Å². The maximum atomic E-state index is 12.4. The highest BCUT2D eigenvalue weighted by atomic mass is 32.1. The van der Waals surface area contributed by atoms with Crippen LogP contribution >= 0.6 is 11.3 Å². The Balaban J connectivity index is 1.47. The Hall–Kier alpha value is -3.39. The van der Waals surface area contributed by atoms with Gasteiger partial charge in [-0.05, 0) is 41.5 Å². The molecule has 29 heavy (non-hydrogen) atoms. The zero-order chi connectivity index (χ0) is 20.2. The molecule has 0 bridgehead atoms. The lowest BCUT2D eigenvalue weighted by atomic mass is 10.1. The molecule has 0 saturated carbocycles. The summed E-state index contributed by atoms with van der Waals surface area (Å²) in [5.41, 5.74) is 3.64. The second kappa shape index (κ2) is 8.32. The molecule has 146 valence electrons. The number of hydrogen-bond acceptors (Lipinski definition) is 7. The van der Waals surface area contributed by atoms with Gasteiger partial charge in [-0.2, -0.15) is 4.80 Å². The van der Waals surface area contributed by atoms with Crippen molar-refractivity contribution < 1.29 is 9.53 Å². The highest BCUT2D eigenvalue weighted by molar-refractivity contribution is 7.11. The Morgan fingerprint density at radius 3 is 2.69 bits per heavy atom. The van der Waals surface area contributed by atoms with Crippen LogP contribution in [0, 0.1) is 6.92 Å². The highest BCUT2D eigenvalue weighted by Crippen LogP contribution is 2.19. The Morgan fingerprint density at radius 2 is 1.97 bits per heavy atom. The first kappa shape index (κ1) is 18.9. The minimum atomic E-state index is 0.0105. The molecule has 0 unspecified atom stereocenters. The van der Waals surface area contributed by atoms with Crippen molar-refractivity contribution in [2.75, 3.05) is 7.11 Å². The lowest BCUT2D eigenvalue weighted by Gasteiger charge is -2.02. The number of benzene rings is 2. The van der Waals surface area contributed by atoms with Crippen LogP contribution in [0.1, 0.15) is 26.6 Å². The zero-order valence-corrected chi connectivity index (χ0v) is 16.9. The summed E-state index contributed by atoms with van der Waals surface area (Å²) in [7, 11) is 1.64. The number of rotatable bonds is 7. The SMILES string of the molecule is COc1ccc(Cn2nnc(-c3cccc(CC(=O)c4nc(C)cs4)c3)n2)cc1. The van der Waals surface area contributed by atoms with Crippen molar-refractivity contribution in [3.05, 3.63) is 75.7 Å². The molecule has 0 spiro atoms. The summed E-state index contributed by atoms with van der Waals surface area (Å²) < 4.78 is 5.17. The van der Waals surface area contributed by atoms with Crippen LogP contribution in [-0.2, 0) is 13.0 Å². The van der Waals surface area contributed by atoms with Gasteiger partial charge in [0.2, 0.25) is 5.82 Å². The van der Waals surface area contributed by atoms with Gasteiger partial charge in [-0.25, -0.2) is 4.98 Å². The molecule has 0 aliphatic heterocycles. The Labute approximate surface area is 172 Å². The number of ketones is 1. The summed E-state index contributed by atoms with van der Waals surface area (Å²) in [6.07, 6.45) is 0.292. The van der Waals surface area contributed by atoms with E-state index in [4.69, 9.17) is 4.74 Å². The molecule has 0 aliphatic carbocycles. The molecule has 0 atom stereocenters. The maximum Gasteiger partial charge on any atom is 0.204 e. The van der Waals surface area contributed by atoms with Crippen molar-refractivity contribution in [2.24, 2.45) is 0 Å². The number of nitrogens with zero attached hydrogens (tertiary/aromatic N) is 5. The third-order valence-corrected chi connectivity index (χ3v) is 5.34. The normalized spacial score (nSPS) is 10.8. The van der Waals surface area contributed by atoms with E-state index in [9.17, 15) is 4.79 Å². The van der Waals surface area contributed by atoms with E-state index in [1.807, 2.05) is 60.8 Å². The quantitative estimate of drug-likeness (QED) is 0.437. The minimum absolute atomic E-state index is 0.0105. The van der Waals surface area contributed by atoms with Crippen LogP contribution in [0.2, 0.25) is 0 Å².